The van der Waals surface area contributed by atoms with Crippen LogP contribution in [0, 0.1) is 0 Å². The van der Waals surface area contributed by atoms with Gasteiger partial charge in [-0.25, -0.2) is 9.97 Å². The Kier molecular flexibility index (Phi) is 6.06. The van der Waals surface area contributed by atoms with Gasteiger partial charge in [0.05, 0.1) is 13.2 Å². The van der Waals surface area contributed by atoms with Crippen LogP contribution in [0.4, 0.5) is 17.3 Å². The number of hydrogen-bond acceptors (Lipinski definition) is 7. The lowest BCUT2D eigenvalue weighted by Crippen LogP contribution is -2.36. The van der Waals surface area contributed by atoms with Crippen molar-refractivity contribution in [2.45, 2.75) is 16.5 Å². The van der Waals surface area contributed by atoms with Crippen molar-refractivity contribution in [2.75, 3.05) is 36.5 Å². The Labute approximate surface area is 169 Å². The summed E-state index contributed by atoms with van der Waals surface area (Å²) in [5.74, 6) is 0.583. The van der Waals surface area contributed by atoms with Crippen molar-refractivity contribution < 1.29 is 4.74 Å². The fourth-order valence-electron chi connectivity index (χ4n) is 3.02. The maximum atomic E-state index is 5.73. The highest BCUT2D eigenvalue weighted by Crippen LogP contribution is 2.27. The number of morpholine rings is 1. The van der Waals surface area contributed by atoms with E-state index in [4.69, 9.17) is 10.5 Å². The molecule has 1 aromatic heterocycles. The van der Waals surface area contributed by atoms with Gasteiger partial charge in [0.1, 0.15) is 5.03 Å². The topological polar surface area (TPSA) is 76.3 Å². The molecule has 1 saturated heterocycles. The lowest BCUT2D eigenvalue weighted by molar-refractivity contribution is 0.122. The second-order valence-electron chi connectivity index (χ2n) is 6.44. The fourth-order valence-corrected chi connectivity index (χ4v) is 3.88. The van der Waals surface area contributed by atoms with E-state index in [-0.39, 0.29) is 0 Å². The van der Waals surface area contributed by atoms with Crippen LogP contribution >= 0.6 is 11.8 Å². The smallest absolute Gasteiger partial charge is 0.228 e. The summed E-state index contributed by atoms with van der Waals surface area (Å²) in [5.41, 5.74) is 9.00. The summed E-state index contributed by atoms with van der Waals surface area (Å²) in [6, 6.07) is 18.4. The molecule has 6 nitrogen and oxygen atoms in total. The van der Waals surface area contributed by atoms with Gasteiger partial charge in [-0.1, -0.05) is 23.9 Å². The van der Waals surface area contributed by atoms with Crippen molar-refractivity contribution in [3.8, 4) is 0 Å². The van der Waals surface area contributed by atoms with Gasteiger partial charge >= 0.3 is 0 Å². The van der Waals surface area contributed by atoms with E-state index in [0.717, 1.165) is 47.5 Å². The molecule has 2 heterocycles. The van der Waals surface area contributed by atoms with Crippen LogP contribution in [-0.4, -0.2) is 36.3 Å². The van der Waals surface area contributed by atoms with Crippen LogP contribution in [0.1, 0.15) is 5.56 Å². The van der Waals surface area contributed by atoms with Gasteiger partial charge in [0.15, 0.2) is 0 Å². The van der Waals surface area contributed by atoms with Gasteiger partial charge in [0.25, 0.3) is 0 Å². The molecule has 0 saturated carbocycles. The van der Waals surface area contributed by atoms with E-state index in [1.54, 1.807) is 18.0 Å². The molecule has 28 heavy (non-hydrogen) atoms. The monoisotopic (exact) mass is 393 g/mol. The molecule has 1 fully saturated rings. The van der Waals surface area contributed by atoms with Crippen LogP contribution in [0.3, 0.4) is 0 Å². The minimum absolute atomic E-state index is 0.533. The third-order valence-electron chi connectivity index (χ3n) is 4.49. The van der Waals surface area contributed by atoms with Gasteiger partial charge in [-0.3, -0.25) is 0 Å². The van der Waals surface area contributed by atoms with Gasteiger partial charge in [-0.2, -0.15) is 0 Å². The molecule has 144 valence electrons. The summed E-state index contributed by atoms with van der Waals surface area (Å²) in [5, 5.41) is 4.17. The minimum atomic E-state index is 0.533. The Morgan fingerprint density at radius 2 is 1.89 bits per heavy atom. The maximum absolute atomic E-state index is 5.73. The predicted molar refractivity (Wildman–Crippen MR) is 113 cm³/mol. The van der Waals surface area contributed by atoms with Crippen LogP contribution in [-0.2, 0) is 11.3 Å². The number of aromatic nitrogens is 2. The number of anilines is 3. The highest BCUT2D eigenvalue weighted by molar-refractivity contribution is 7.99. The molecular formula is C21H23N5OS. The Morgan fingerprint density at radius 1 is 1.07 bits per heavy atom. The highest BCUT2D eigenvalue weighted by atomic mass is 32.2. The second kappa shape index (κ2) is 9.05. The largest absolute Gasteiger partial charge is 0.378 e. The Morgan fingerprint density at radius 3 is 2.68 bits per heavy atom. The molecule has 0 radical (unpaired) electrons. The SMILES string of the molecule is NCc1cccc(Sc2ccnc(Nc3ccc(N4CCOCC4)cc3)n2)c1. The average Bonchev–Trinajstić information content (AvgIpc) is 2.75. The van der Waals surface area contributed by atoms with Crippen LogP contribution in [0.5, 0.6) is 0 Å². The number of nitrogens with zero attached hydrogens (tertiary/aromatic N) is 3. The number of nitrogens with two attached hydrogens (primary N) is 1. The number of ether oxygens (including phenoxy) is 1. The normalized spacial score (nSPS) is 14.1. The van der Waals surface area contributed by atoms with Crippen molar-refractivity contribution in [2.24, 2.45) is 5.73 Å². The van der Waals surface area contributed by atoms with Crippen LogP contribution < -0.4 is 16.0 Å². The first kappa shape index (κ1) is 18.7. The van der Waals surface area contributed by atoms with Crippen LogP contribution in [0.2, 0.25) is 0 Å². The lowest BCUT2D eigenvalue weighted by atomic mass is 10.2. The molecule has 0 amide bonds. The molecular weight excluding hydrogens is 370 g/mol. The van der Waals surface area contributed by atoms with Crippen LogP contribution in [0.15, 0.2) is 70.7 Å². The molecule has 1 aliphatic rings. The van der Waals surface area contributed by atoms with E-state index in [1.807, 2.05) is 18.2 Å². The van der Waals surface area contributed by atoms with Crippen molar-refractivity contribution in [3.05, 3.63) is 66.4 Å². The first-order valence-electron chi connectivity index (χ1n) is 9.30. The molecule has 0 atom stereocenters. The van der Waals surface area contributed by atoms with Crippen molar-refractivity contribution in [3.63, 3.8) is 0 Å². The molecule has 3 aromatic rings. The number of nitrogens with one attached hydrogen (secondary N) is 1. The van der Waals surface area contributed by atoms with Crippen LogP contribution in [0.25, 0.3) is 0 Å². The number of hydrogen-bond donors (Lipinski definition) is 2. The molecule has 1 aliphatic heterocycles. The van der Waals surface area contributed by atoms with E-state index in [9.17, 15) is 0 Å². The fraction of sp³-hybridized carbons (Fsp3) is 0.238. The first-order chi connectivity index (χ1) is 13.8. The highest BCUT2D eigenvalue weighted by Gasteiger charge is 2.11. The minimum Gasteiger partial charge on any atom is -0.378 e. The standard InChI is InChI=1S/C21H23N5OS/c22-15-16-2-1-3-19(14-16)28-20-8-9-23-21(25-20)24-17-4-6-18(7-5-17)26-10-12-27-13-11-26/h1-9,14H,10-13,15,22H2,(H,23,24,25). The van der Waals surface area contributed by atoms with Gasteiger partial charge < -0.3 is 20.7 Å². The second-order valence-corrected chi connectivity index (χ2v) is 7.54. The molecule has 0 aliphatic carbocycles. The summed E-state index contributed by atoms with van der Waals surface area (Å²) >= 11 is 1.60. The van der Waals surface area contributed by atoms with Crippen molar-refractivity contribution in [1.29, 1.82) is 0 Å². The van der Waals surface area contributed by atoms with E-state index in [1.165, 1.54) is 5.69 Å². The summed E-state index contributed by atoms with van der Waals surface area (Å²) in [6.45, 7) is 3.96. The predicted octanol–water partition coefficient (Wildman–Crippen LogP) is 3.67. The zero-order valence-electron chi connectivity index (χ0n) is 15.5. The quantitative estimate of drug-likeness (QED) is 0.619. The number of rotatable bonds is 6. The van der Waals surface area contributed by atoms with Gasteiger partial charge in [-0.05, 0) is 48.0 Å². The zero-order chi connectivity index (χ0) is 19.2. The van der Waals surface area contributed by atoms with Gasteiger partial charge in [0, 0.05) is 42.1 Å². The molecule has 4 rings (SSSR count). The number of benzene rings is 2. The van der Waals surface area contributed by atoms with Gasteiger partial charge in [0.2, 0.25) is 5.95 Å². The molecule has 0 spiro atoms. The molecule has 7 heteroatoms. The van der Waals surface area contributed by atoms with Gasteiger partial charge in [-0.15, -0.1) is 0 Å². The summed E-state index contributed by atoms with van der Waals surface area (Å²) in [7, 11) is 0. The average molecular weight is 394 g/mol. The summed E-state index contributed by atoms with van der Waals surface area (Å²) < 4.78 is 5.41. The third kappa shape index (κ3) is 4.81. The van der Waals surface area contributed by atoms with E-state index >= 15 is 0 Å². The lowest BCUT2D eigenvalue weighted by Gasteiger charge is -2.28. The third-order valence-corrected chi connectivity index (χ3v) is 5.41. The summed E-state index contributed by atoms with van der Waals surface area (Å²) in [6.07, 6.45) is 1.77. The Hall–Kier alpha value is -2.61. The molecule has 0 unspecified atom stereocenters. The van der Waals surface area contributed by atoms with E-state index < -0.39 is 0 Å². The van der Waals surface area contributed by atoms with Crippen molar-refractivity contribution >= 4 is 29.1 Å². The Bertz CT molecular complexity index is 913. The van der Waals surface area contributed by atoms with E-state index in [0.29, 0.717) is 12.5 Å². The van der Waals surface area contributed by atoms with E-state index in [2.05, 4.69) is 56.6 Å². The Balaban J connectivity index is 1.42. The molecule has 2 aromatic carbocycles. The maximum Gasteiger partial charge on any atom is 0.228 e. The van der Waals surface area contributed by atoms with Crippen molar-refractivity contribution in [1.82, 2.24) is 9.97 Å². The first-order valence-corrected chi connectivity index (χ1v) is 10.1. The molecule has 0 bridgehead atoms. The summed E-state index contributed by atoms with van der Waals surface area (Å²) in [4.78, 5) is 12.4. The zero-order valence-corrected chi connectivity index (χ0v) is 16.4. The molecule has 3 N–H and O–H groups in total.